The summed E-state index contributed by atoms with van der Waals surface area (Å²) in [5.74, 6) is -1.45. The normalized spacial score (nSPS) is 19.5. The first-order valence-electron chi connectivity index (χ1n) is 7.88. The number of nitriles is 1. The minimum Gasteiger partial charge on any atom is -0.271 e. The Morgan fingerprint density at radius 3 is 2.04 bits per heavy atom. The van der Waals surface area contributed by atoms with E-state index < -0.39 is 23.7 Å². The van der Waals surface area contributed by atoms with Crippen molar-refractivity contribution in [2.24, 2.45) is 0 Å². The lowest BCUT2D eigenvalue weighted by Gasteiger charge is -2.33. The topological polar surface area (TPSA) is 68.8 Å². The number of hydrogen-bond donors (Lipinski definition) is 0. The Hall–Kier alpha value is -3.85. The number of amides is 3. The van der Waals surface area contributed by atoms with Crippen LogP contribution in [0, 0.1) is 17.9 Å². The number of nitrogens with zero attached hydrogens (tertiary/aromatic N) is 4. The lowest BCUT2D eigenvalue weighted by Crippen LogP contribution is -2.58. The summed E-state index contributed by atoms with van der Waals surface area (Å²) in [7, 11) is 0. The highest BCUT2D eigenvalue weighted by molar-refractivity contribution is 6.30. The Bertz CT molecular complexity index is 1030. The van der Waals surface area contributed by atoms with Crippen molar-refractivity contribution < 1.29 is 22.8 Å². The summed E-state index contributed by atoms with van der Waals surface area (Å²) in [5.41, 5.74) is -2.96. The second kappa shape index (κ2) is 6.39. The van der Waals surface area contributed by atoms with Gasteiger partial charge in [0.2, 0.25) is 5.54 Å². The van der Waals surface area contributed by atoms with Gasteiger partial charge in [0.15, 0.2) is 5.69 Å². The standard InChI is InChI=1S/C19H11F3N4O2/c1-18(19(20,21)22)16(27)25(14-9-5-13(24-2)6-10-14)17(28)26(18)15-7-3-12(11-23)4-8-15/h3-10H,1H3. The molecule has 6 nitrogen and oxygen atoms in total. The molecule has 0 saturated carbocycles. The van der Waals surface area contributed by atoms with E-state index in [4.69, 9.17) is 11.8 Å². The van der Waals surface area contributed by atoms with E-state index in [-0.39, 0.29) is 22.6 Å². The van der Waals surface area contributed by atoms with Crippen molar-refractivity contribution in [3.63, 3.8) is 0 Å². The van der Waals surface area contributed by atoms with Crippen LogP contribution in [0.1, 0.15) is 12.5 Å². The number of alkyl halides is 3. The molecule has 1 aliphatic heterocycles. The van der Waals surface area contributed by atoms with Gasteiger partial charge in [-0.25, -0.2) is 14.5 Å². The smallest absolute Gasteiger partial charge is 0.271 e. The predicted octanol–water partition coefficient (Wildman–Crippen LogP) is 4.40. The number of carbonyl (C=O) groups is 2. The van der Waals surface area contributed by atoms with Gasteiger partial charge in [-0.15, -0.1) is 0 Å². The summed E-state index contributed by atoms with van der Waals surface area (Å²) in [6, 6.07) is 10.6. The number of anilines is 2. The Kier molecular flexibility index (Phi) is 4.32. The summed E-state index contributed by atoms with van der Waals surface area (Å²) >= 11 is 0. The van der Waals surface area contributed by atoms with Gasteiger partial charge < -0.3 is 0 Å². The van der Waals surface area contributed by atoms with Gasteiger partial charge >= 0.3 is 12.2 Å². The monoisotopic (exact) mass is 384 g/mol. The summed E-state index contributed by atoms with van der Waals surface area (Å²) in [5, 5.41) is 8.86. The molecule has 3 rings (SSSR count). The van der Waals surface area contributed by atoms with Crippen molar-refractivity contribution in [1.29, 1.82) is 5.26 Å². The van der Waals surface area contributed by atoms with Gasteiger partial charge in [-0.2, -0.15) is 18.4 Å². The minimum atomic E-state index is -5.06. The van der Waals surface area contributed by atoms with Crippen LogP contribution < -0.4 is 9.80 Å². The van der Waals surface area contributed by atoms with Crippen LogP contribution in [-0.2, 0) is 4.79 Å². The van der Waals surface area contributed by atoms with Crippen LogP contribution in [0.2, 0.25) is 0 Å². The average Bonchev–Trinajstić information content (AvgIpc) is 2.88. The first-order chi connectivity index (χ1) is 13.1. The van der Waals surface area contributed by atoms with Crippen LogP contribution in [0.25, 0.3) is 4.85 Å². The summed E-state index contributed by atoms with van der Waals surface area (Å²) < 4.78 is 41.8. The number of imide groups is 1. The number of benzene rings is 2. The molecule has 2 aromatic rings. The molecule has 2 aromatic carbocycles. The van der Waals surface area contributed by atoms with Crippen molar-refractivity contribution in [3.8, 4) is 6.07 Å². The minimum absolute atomic E-state index is 0.0750. The maximum absolute atomic E-state index is 13.9. The SMILES string of the molecule is [C-]#[N+]c1ccc(N2C(=O)N(c3ccc(C#N)cc3)C(C)(C(F)(F)F)C2=O)cc1. The van der Waals surface area contributed by atoms with Crippen molar-refractivity contribution in [3.05, 3.63) is 65.5 Å². The molecule has 1 unspecified atom stereocenters. The quantitative estimate of drug-likeness (QED) is 0.569. The van der Waals surface area contributed by atoms with Crippen LogP contribution in [0.3, 0.4) is 0 Å². The van der Waals surface area contributed by atoms with E-state index >= 15 is 0 Å². The van der Waals surface area contributed by atoms with Gasteiger partial charge in [-0.1, -0.05) is 12.1 Å². The molecule has 1 atom stereocenters. The molecule has 0 N–H and O–H groups in total. The van der Waals surface area contributed by atoms with Crippen LogP contribution in [-0.4, -0.2) is 23.7 Å². The third kappa shape index (κ3) is 2.65. The highest BCUT2D eigenvalue weighted by Crippen LogP contribution is 2.45. The molecule has 1 heterocycles. The highest BCUT2D eigenvalue weighted by Gasteiger charge is 2.69. The Morgan fingerprint density at radius 1 is 1.04 bits per heavy atom. The van der Waals surface area contributed by atoms with Gasteiger partial charge in [0.05, 0.1) is 23.9 Å². The molecular weight excluding hydrogens is 373 g/mol. The molecule has 0 spiro atoms. The van der Waals surface area contributed by atoms with Gasteiger partial charge in [0.1, 0.15) is 0 Å². The molecule has 0 aromatic heterocycles. The van der Waals surface area contributed by atoms with E-state index in [0.29, 0.717) is 16.7 Å². The molecular formula is C19H11F3N4O2. The lowest BCUT2D eigenvalue weighted by molar-refractivity contribution is -0.182. The zero-order chi connectivity index (χ0) is 20.7. The van der Waals surface area contributed by atoms with Crippen molar-refractivity contribution in [1.82, 2.24) is 0 Å². The second-order valence-electron chi connectivity index (χ2n) is 6.12. The third-order valence-electron chi connectivity index (χ3n) is 4.49. The van der Waals surface area contributed by atoms with Crippen LogP contribution >= 0.6 is 0 Å². The molecule has 0 aliphatic carbocycles. The maximum atomic E-state index is 13.9. The number of halogens is 3. The fourth-order valence-electron chi connectivity index (χ4n) is 2.90. The second-order valence-corrected chi connectivity index (χ2v) is 6.12. The lowest BCUT2D eigenvalue weighted by atomic mass is 9.98. The van der Waals surface area contributed by atoms with E-state index in [2.05, 4.69) is 4.85 Å². The number of hydrogen-bond acceptors (Lipinski definition) is 3. The van der Waals surface area contributed by atoms with E-state index in [1.54, 1.807) is 0 Å². The third-order valence-corrected chi connectivity index (χ3v) is 4.49. The van der Waals surface area contributed by atoms with Gasteiger partial charge in [0.25, 0.3) is 5.91 Å². The fourth-order valence-corrected chi connectivity index (χ4v) is 2.90. The zero-order valence-corrected chi connectivity index (χ0v) is 14.4. The van der Waals surface area contributed by atoms with E-state index in [9.17, 15) is 22.8 Å². The summed E-state index contributed by atoms with van der Waals surface area (Å²) in [4.78, 5) is 29.7. The van der Waals surface area contributed by atoms with Crippen LogP contribution in [0.4, 0.5) is 35.0 Å². The van der Waals surface area contributed by atoms with Gasteiger partial charge in [0, 0.05) is 5.69 Å². The molecule has 140 valence electrons. The first-order valence-corrected chi connectivity index (χ1v) is 7.88. The van der Waals surface area contributed by atoms with Gasteiger partial charge in [-0.05, 0) is 43.3 Å². The van der Waals surface area contributed by atoms with E-state index in [0.717, 1.165) is 0 Å². The fraction of sp³-hybridized carbons (Fsp3) is 0.158. The number of rotatable bonds is 2. The molecule has 0 radical (unpaired) electrons. The van der Waals surface area contributed by atoms with Gasteiger partial charge in [-0.3, -0.25) is 9.69 Å². The summed E-state index contributed by atoms with van der Waals surface area (Å²) in [6.45, 7) is 7.56. The first kappa shape index (κ1) is 18.9. The van der Waals surface area contributed by atoms with Crippen LogP contribution in [0.15, 0.2) is 48.5 Å². The van der Waals surface area contributed by atoms with Crippen LogP contribution in [0.5, 0.6) is 0 Å². The van der Waals surface area contributed by atoms with Crippen molar-refractivity contribution in [2.75, 3.05) is 9.80 Å². The zero-order valence-electron chi connectivity index (χ0n) is 14.4. The largest absolute Gasteiger partial charge is 0.421 e. The average molecular weight is 384 g/mol. The summed E-state index contributed by atoms with van der Waals surface area (Å²) in [6.07, 6.45) is -5.06. The number of carbonyl (C=O) groups excluding carboxylic acids is 2. The van der Waals surface area contributed by atoms with Crippen molar-refractivity contribution >= 4 is 29.0 Å². The predicted molar refractivity (Wildman–Crippen MR) is 93.7 cm³/mol. The molecule has 3 amide bonds. The molecule has 0 bridgehead atoms. The highest BCUT2D eigenvalue weighted by atomic mass is 19.4. The molecule has 1 fully saturated rings. The van der Waals surface area contributed by atoms with E-state index in [1.807, 2.05) is 6.07 Å². The van der Waals surface area contributed by atoms with E-state index in [1.165, 1.54) is 48.5 Å². The Balaban J connectivity index is 2.16. The molecule has 28 heavy (non-hydrogen) atoms. The molecule has 1 saturated heterocycles. The van der Waals surface area contributed by atoms with Crippen molar-refractivity contribution in [2.45, 2.75) is 18.6 Å². The molecule has 1 aliphatic rings. The number of urea groups is 1. The Morgan fingerprint density at radius 2 is 1.57 bits per heavy atom. The Labute approximate surface area is 157 Å². The maximum Gasteiger partial charge on any atom is 0.421 e. The molecule has 9 heteroatoms.